The third kappa shape index (κ3) is 2.46. The molecule has 1 atom stereocenters. The lowest BCUT2D eigenvalue weighted by atomic mass is 10.2. The van der Waals surface area contributed by atoms with E-state index in [-0.39, 0.29) is 5.38 Å². The number of rotatable bonds is 3. The van der Waals surface area contributed by atoms with Gasteiger partial charge in [0.2, 0.25) is 0 Å². The molecule has 104 valence electrons. The van der Waals surface area contributed by atoms with Crippen molar-refractivity contribution in [2.24, 2.45) is 0 Å². The predicted molar refractivity (Wildman–Crippen MR) is 87.2 cm³/mol. The molecule has 0 N–H and O–H groups in total. The fourth-order valence-electron chi connectivity index (χ4n) is 2.30. The first-order chi connectivity index (χ1) is 9.56. The number of hydrogen-bond donors (Lipinski definition) is 0. The zero-order chi connectivity index (χ0) is 14.3. The van der Waals surface area contributed by atoms with E-state index in [2.05, 4.69) is 27.9 Å². The topological polar surface area (TPSA) is 17.8 Å². The molecule has 3 rings (SSSR count). The highest BCUT2D eigenvalue weighted by molar-refractivity contribution is 7.10. The maximum Gasteiger partial charge on any atom is 0.128 e. The predicted octanol–water partition coefficient (Wildman–Crippen LogP) is 5.41. The van der Waals surface area contributed by atoms with Crippen LogP contribution in [0.4, 0.5) is 0 Å². The van der Waals surface area contributed by atoms with Crippen LogP contribution in [0.1, 0.15) is 28.6 Å². The van der Waals surface area contributed by atoms with Gasteiger partial charge in [0.15, 0.2) is 0 Å². The molecule has 1 aromatic carbocycles. The van der Waals surface area contributed by atoms with Gasteiger partial charge in [0.1, 0.15) is 5.82 Å². The second kappa shape index (κ2) is 5.40. The molecule has 3 aromatic rings. The second-order valence-corrected chi connectivity index (χ2v) is 6.92. The number of hydrogen-bond acceptors (Lipinski definition) is 2. The fraction of sp³-hybridized carbons (Fsp3) is 0.267. The van der Waals surface area contributed by atoms with Gasteiger partial charge in [-0.2, -0.15) is 0 Å². The molecule has 1 unspecified atom stereocenters. The van der Waals surface area contributed by atoms with E-state index in [9.17, 15) is 0 Å². The van der Waals surface area contributed by atoms with Gasteiger partial charge in [-0.15, -0.1) is 22.9 Å². The van der Waals surface area contributed by atoms with Gasteiger partial charge in [0.25, 0.3) is 0 Å². The Morgan fingerprint density at radius 1 is 1.35 bits per heavy atom. The Morgan fingerprint density at radius 3 is 2.80 bits per heavy atom. The summed E-state index contributed by atoms with van der Waals surface area (Å²) in [5.74, 6) is 0.886. The molecule has 0 aliphatic rings. The number of alkyl halides is 1. The summed E-state index contributed by atoms with van der Waals surface area (Å²) in [5, 5.41) is 2.68. The normalized spacial score (nSPS) is 13.0. The van der Waals surface area contributed by atoms with Gasteiger partial charge in [-0.3, -0.25) is 0 Å². The summed E-state index contributed by atoms with van der Waals surface area (Å²) in [6, 6.07) is 7.93. The number of aromatic nitrogens is 2. The third-order valence-electron chi connectivity index (χ3n) is 3.37. The monoisotopic (exact) mass is 324 g/mol. The molecular formula is C15H14Cl2N2S. The van der Waals surface area contributed by atoms with Crippen molar-refractivity contribution in [1.82, 2.24) is 9.55 Å². The molecule has 20 heavy (non-hydrogen) atoms. The molecule has 2 heterocycles. The molecule has 0 amide bonds. The summed E-state index contributed by atoms with van der Waals surface area (Å²) < 4.78 is 2.18. The van der Waals surface area contributed by atoms with Crippen LogP contribution in [0.5, 0.6) is 0 Å². The number of aryl methyl sites for hydroxylation is 1. The van der Waals surface area contributed by atoms with Gasteiger partial charge in [-0.25, -0.2) is 4.98 Å². The van der Waals surface area contributed by atoms with Gasteiger partial charge in [0.05, 0.1) is 23.0 Å². The van der Waals surface area contributed by atoms with Crippen molar-refractivity contribution in [3.05, 3.63) is 50.9 Å². The van der Waals surface area contributed by atoms with E-state index in [1.54, 1.807) is 11.3 Å². The zero-order valence-electron chi connectivity index (χ0n) is 11.2. The molecule has 0 bridgehead atoms. The molecule has 5 heteroatoms. The first kappa shape index (κ1) is 13.9. The van der Waals surface area contributed by atoms with Crippen LogP contribution in [-0.2, 0) is 6.54 Å². The van der Waals surface area contributed by atoms with Crippen molar-refractivity contribution in [2.45, 2.75) is 25.8 Å². The van der Waals surface area contributed by atoms with Gasteiger partial charge in [0, 0.05) is 9.90 Å². The Hall–Kier alpha value is -1.03. The van der Waals surface area contributed by atoms with Crippen LogP contribution in [0.15, 0.2) is 29.6 Å². The first-order valence-corrected chi connectivity index (χ1v) is 8.08. The van der Waals surface area contributed by atoms with Gasteiger partial charge >= 0.3 is 0 Å². The quantitative estimate of drug-likeness (QED) is 0.589. The van der Waals surface area contributed by atoms with Crippen molar-refractivity contribution in [3.8, 4) is 0 Å². The van der Waals surface area contributed by atoms with Crippen molar-refractivity contribution in [2.75, 3.05) is 0 Å². The standard InChI is InChI=1S/C15H14Cl2N2S/c1-9-5-6-20-14(9)8-19-13-4-3-11(17)7-12(13)18-15(19)10(2)16/h3-7,10H,8H2,1-2H3. The van der Waals surface area contributed by atoms with E-state index in [0.717, 1.165) is 23.4 Å². The molecular weight excluding hydrogens is 311 g/mol. The molecule has 2 aromatic heterocycles. The van der Waals surface area contributed by atoms with E-state index in [0.29, 0.717) is 5.02 Å². The summed E-state index contributed by atoms with van der Waals surface area (Å²) in [4.78, 5) is 5.97. The number of benzene rings is 1. The van der Waals surface area contributed by atoms with Crippen LogP contribution in [0.2, 0.25) is 5.02 Å². The van der Waals surface area contributed by atoms with E-state index in [4.69, 9.17) is 23.2 Å². The van der Waals surface area contributed by atoms with Crippen LogP contribution >= 0.6 is 34.5 Å². The Balaban J connectivity index is 2.16. The van der Waals surface area contributed by atoms with Crippen LogP contribution in [0.25, 0.3) is 11.0 Å². The fourth-order valence-corrected chi connectivity index (χ4v) is 3.53. The molecule has 0 radical (unpaired) electrons. The molecule has 2 nitrogen and oxygen atoms in total. The lowest BCUT2D eigenvalue weighted by Gasteiger charge is -2.10. The highest BCUT2D eigenvalue weighted by atomic mass is 35.5. The van der Waals surface area contributed by atoms with Crippen LogP contribution in [0, 0.1) is 6.92 Å². The Labute approximate surface area is 132 Å². The van der Waals surface area contributed by atoms with E-state index in [1.807, 2.05) is 25.1 Å². The number of thiophene rings is 1. The molecule has 0 aliphatic heterocycles. The zero-order valence-corrected chi connectivity index (χ0v) is 13.6. The largest absolute Gasteiger partial charge is 0.321 e. The SMILES string of the molecule is Cc1ccsc1Cn1c(C(C)Cl)nc2cc(Cl)ccc21. The lowest BCUT2D eigenvalue weighted by Crippen LogP contribution is -2.05. The molecule has 0 spiro atoms. The lowest BCUT2D eigenvalue weighted by molar-refractivity contribution is 0.748. The molecule has 0 fully saturated rings. The minimum atomic E-state index is -0.138. The summed E-state index contributed by atoms with van der Waals surface area (Å²) in [7, 11) is 0. The molecule has 0 saturated carbocycles. The Morgan fingerprint density at radius 2 is 2.15 bits per heavy atom. The van der Waals surface area contributed by atoms with E-state index >= 15 is 0 Å². The first-order valence-electron chi connectivity index (χ1n) is 6.39. The number of fused-ring (bicyclic) bond motifs is 1. The molecule has 0 aliphatic carbocycles. The van der Waals surface area contributed by atoms with Crippen LogP contribution in [0.3, 0.4) is 0 Å². The van der Waals surface area contributed by atoms with Crippen molar-refractivity contribution in [3.63, 3.8) is 0 Å². The summed E-state index contributed by atoms with van der Waals surface area (Å²) in [6.07, 6.45) is 0. The third-order valence-corrected chi connectivity index (χ3v) is 4.80. The summed E-state index contributed by atoms with van der Waals surface area (Å²) in [6.45, 7) is 4.88. The minimum Gasteiger partial charge on any atom is -0.321 e. The van der Waals surface area contributed by atoms with Gasteiger partial charge in [-0.05, 0) is 49.1 Å². The molecule has 0 saturated heterocycles. The highest BCUT2D eigenvalue weighted by Crippen LogP contribution is 2.28. The number of halogens is 2. The maximum atomic E-state index is 6.29. The van der Waals surface area contributed by atoms with Crippen LogP contribution < -0.4 is 0 Å². The number of imidazole rings is 1. The van der Waals surface area contributed by atoms with Crippen molar-refractivity contribution in [1.29, 1.82) is 0 Å². The Bertz CT molecular complexity index is 758. The summed E-state index contributed by atoms with van der Waals surface area (Å²) >= 11 is 14.1. The van der Waals surface area contributed by atoms with Crippen molar-refractivity contribution >= 4 is 45.6 Å². The number of nitrogens with zero attached hydrogens (tertiary/aromatic N) is 2. The van der Waals surface area contributed by atoms with Crippen LogP contribution in [-0.4, -0.2) is 9.55 Å². The minimum absolute atomic E-state index is 0.138. The highest BCUT2D eigenvalue weighted by Gasteiger charge is 2.16. The van der Waals surface area contributed by atoms with E-state index in [1.165, 1.54) is 10.4 Å². The second-order valence-electron chi connectivity index (χ2n) is 4.83. The average Bonchev–Trinajstić information content (AvgIpc) is 2.95. The average molecular weight is 325 g/mol. The maximum absolute atomic E-state index is 6.29. The van der Waals surface area contributed by atoms with Crippen molar-refractivity contribution < 1.29 is 0 Å². The van der Waals surface area contributed by atoms with E-state index < -0.39 is 0 Å². The van der Waals surface area contributed by atoms with Gasteiger partial charge in [-0.1, -0.05) is 11.6 Å². The Kier molecular flexibility index (Phi) is 3.76. The summed E-state index contributed by atoms with van der Waals surface area (Å²) in [5.41, 5.74) is 3.28. The van der Waals surface area contributed by atoms with Gasteiger partial charge < -0.3 is 4.57 Å². The smallest absolute Gasteiger partial charge is 0.128 e.